The molecule has 1 aromatic heterocycles. The van der Waals surface area contributed by atoms with E-state index in [1.807, 2.05) is 0 Å². The minimum atomic E-state index is -5.02. The van der Waals surface area contributed by atoms with E-state index in [0.717, 1.165) is 0 Å². The van der Waals surface area contributed by atoms with Gasteiger partial charge in [0.25, 0.3) is 0 Å². The number of methoxy groups -OCH3 is 1. The van der Waals surface area contributed by atoms with Crippen LogP contribution < -0.4 is 10.2 Å². The van der Waals surface area contributed by atoms with Gasteiger partial charge in [0, 0.05) is 6.20 Å². The van der Waals surface area contributed by atoms with E-state index in [1.165, 1.54) is 42.1 Å². The van der Waals surface area contributed by atoms with Crippen LogP contribution >= 0.6 is 0 Å². The van der Waals surface area contributed by atoms with Crippen LogP contribution in [-0.4, -0.2) is 36.3 Å². The molecule has 0 aliphatic carbocycles. The van der Waals surface area contributed by atoms with Gasteiger partial charge >= 0.3 is 18.1 Å². The van der Waals surface area contributed by atoms with E-state index in [9.17, 15) is 22.8 Å². The number of nitrogens with zero attached hydrogens (tertiary/aromatic N) is 2. The fourth-order valence-corrected chi connectivity index (χ4v) is 1.99. The Hall–Kier alpha value is -3.10. The topological polar surface area (TPSA) is 69.9 Å². The highest BCUT2D eigenvalue weighted by molar-refractivity contribution is 5.89. The van der Waals surface area contributed by atoms with E-state index in [0.29, 0.717) is 11.3 Å². The van der Waals surface area contributed by atoms with Crippen molar-refractivity contribution in [2.24, 2.45) is 4.99 Å². The smallest absolute Gasteiger partial charge is 0.473 e. The molecule has 0 saturated heterocycles. The predicted octanol–water partition coefficient (Wildman–Crippen LogP) is 2.34. The summed E-state index contributed by atoms with van der Waals surface area (Å²) in [4.78, 5) is 25.4. The van der Waals surface area contributed by atoms with E-state index in [4.69, 9.17) is 4.74 Å². The van der Waals surface area contributed by atoms with E-state index in [-0.39, 0.29) is 18.6 Å². The Morgan fingerprint density at radius 3 is 2.42 bits per heavy atom. The summed E-state index contributed by atoms with van der Waals surface area (Å²) >= 11 is 0. The Kier molecular flexibility index (Phi) is 6.16. The van der Waals surface area contributed by atoms with Crippen molar-refractivity contribution in [1.82, 2.24) is 4.57 Å². The predicted molar refractivity (Wildman–Crippen MR) is 84.3 cm³/mol. The number of pyridine rings is 1. The Labute approximate surface area is 146 Å². The van der Waals surface area contributed by atoms with Gasteiger partial charge in [-0.15, -0.1) is 0 Å². The third-order valence-electron chi connectivity index (χ3n) is 3.25. The molecule has 26 heavy (non-hydrogen) atoms. The standard InChI is InChI=1S/C17H15F3N2O4/c1-25-15(23)12-5-7-13(8-6-12)26-11-10-22-9-3-2-4-14(22)21-16(24)17(18,19)20/h2-9H,10-11H2,1H3/b21-14+. The van der Waals surface area contributed by atoms with Crippen molar-refractivity contribution >= 4 is 11.9 Å². The van der Waals surface area contributed by atoms with Gasteiger partial charge in [-0.25, -0.2) is 4.79 Å². The van der Waals surface area contributed by atoms with Gasteiger partial charge in [0.05, 0.1) is 19.2 Å². The van der Waals surface area contributed by atoms with Gasteiger partial charge in [0.15, 0.2) is 0 Å². The van der Waals surface area contributed by atoms with E-state index < -0.39 is 18.1 Å². The molecular weight excluding hydrogens is 353 g/mol. The van der Waals surface area contributed by atoms with Crippen molar-refractivity contribution in [3.05, 3.63) is 59.7 Å². The number of carbonyl (C=O) groups is 2. The average molecular weight is 368 g/mol. The van der Waals surface area contributed by atoms with Gasteiger partial charge in [0.1, 0.15) is 17.8 Å². The number of hydrogen-bond acceptors (Lipinski definition) is 4. The van der Waals surface area contributed by atoms with Crippen molar-refractivity contribution in [1.29, 1.82) is 0 Å². The van der Waals surface area contributed by atoms with Crippen molar-refractivity contribution in [3.8, 4) is 5.75 Å². The number of carbonyl (C=O) groups excluding carboxylic acids is 2. The molecule has 1 amide bonds. The summed E-state index contributed by atoms with van der Waals surface area (Å²) in [5, 5.41) is 0. The van der Waals surface area contributed by atoms with Gasteiger partial charge in [-0.3, -0.25) is 4.79 Å². The summed E-state index contributed by atoms with van der Waals surface area (Å²) < 4.78 is 48.5. The molecule has 1 aromatic carbocycles. The zero-order valence-corrected chi connectivity index (χ0v) is 13.7. The Morgan fingerprint density at radius 2 is 1.81 bits per heavy atom. The first-order valence-electron chi connectivity index (χ1n) is 7.44. The van der Waals surface area contributed by atoms with Crippen LogP contribution in [0.2, 0.25) is 0 Å². The number of amides is 1. The lowest BCUT2D eigenvalue weighted by atomic mass is 10.2. The van der Waals surface area contributed by atoms with Crippen LogP contribution in [0.5, 0.6) is 5.75 Å². The number of aromatic nitrogens is 1. The van der Waals surface area contributed by atoms with Gasteiger partial charge in [-0.2, -0.15) is 18.2 Å². The second-order valence-electron chi connectivity index (χ2n) is 5.03. The van der Waals surface area contributed by atoms with Gasteiger partial charge in [-0.1, -0.05) is 6.07 Å². The third-order valence-corrected chi connectivity index (χ3v) is 3.25. The monoisotopic (exact) mass is 368 g/mol. The maximum Gasteiger partial charge on any atom is 0.473 e. The highest BCUT2D eigenvalue weighted by atomic mass is 19.4. The first-order chi connectivity index (χ1) is 12.3. The van der Waals surface area contributed by atoms with E-state index >= 15 is 0 Å². The first kappa shape index (κ1) is 19.2. The summed E-state index contributed by atoms with van der Waals surface area (Å²) in [7, 11) is 1.27. The SMILES string of the molecule is COC(=O)c1ccc(OCCn2cccc/c2=N\C(=O)C(F)(F)F)cc1. The molecule has 0 saturated carbocycles. The minimum absolute atomic E-state index is 0.120. The van der Waals surface area contributed by atoms with E-state index in [2.05, 4.69) is 9.73 Å². The fourth-order valence-electron chi connectivity index (χ4n) is 1.99. The molecule has 6 nitrogen and oxygen atoms in total. The molecule has 0 N–H and O–H groups in total. The Bertz CT molecular complexity index is 842. The summed E-state index contributed by atoms with van der Waals surface area (Å²) in [6, 6.07) is 10.6. The molecule has 0 unspecified atom stereocenters. The lowest BCUT2D eigenvalue weighted by Gasteiger charge is -2.10. The fraction of sp³-hybridized carbons (Fsp3) is 0.235. The lowest BCUT2D eigenvalue weighted by molar-refractivity contribution is -0.169. The van der Waals surface area contributed by atoms with Crippen LogP contribution in [0.4, 0.5) is 13.2 Å². The summed E-state index contributed by atoms with van der Waals surface area (Å²) in [6.07, 6.45) is -3.53. The number of benzene rings is 1. The quantitative estimate of drug-likeness (QED) is 0.760. The van der Waals surface area contributed by atoms with Crippen molar-refractivity contribution < 1.29 is 32.2 Å². The average Bonchev–Trinajstić information content (AvgIpc) is 2.62. The van der Waals surface area contributed by atoms with Crippen molar-refractivity contribution in [3.63, 3.8) is 0 Å². The van der Waals surface area contributed by atoms with Crippen molar-refractivity contribution in [2.75, 3.05) is 13.7 Å². The molecule has 0 spiro atoms. The molecule has 0 fully saturated rings. The second kappa shape index (κ2) is 8.32. The lowest BCUT2D eigenvalue weighted by Crippen LogP contribution is -2.28. The van der Waals surface area contributed by atoms with Gasteiger partial charge < -0.3 is 14.0 Å². The van der Waals surface area contributed by atoms with Crippen LogP contribution in [0.15, 0.2) is 53.7 Å². The summed E-state index contributed by atoms with van der Waals surface area (Å²) in [5.41, 5.74) is 0.239. The van der Waals surface area contributed by atoms with Crippen LogP contribution in [0.3, 0.4) is 0 Å². The van der Waals surface area contributed by atoms with Crippen LogP contribution in [0, 0.1) is 0 Å². The molecule has 2 rings (SSSR count). The van der Waals surface area contributed by atoms with Crippen molar-refractivity contribution in [2.45, 2.75) is 12.7 Å². The van der Waals surface area contributed by atoms with E-state index in [1.54, 1.807) is 18.2 Å². The molecule has 2 aromatic rings. The largest absolute Gasteiger partial charge is 0.492 e. The number of hydrogen-bond donors (Lipinski definition) is 0. The maximum absolute atomic E-state index is 12.3. The Balaban J connectivity index is 2.03. The zero-order valence-electron chi connectivity index (χ0n) is 13.7. The molecule has 0 aliphatic rings. The van der Waals surface area contributed by atoms with Crippen LogP contribution in [0.25, 0.3) is 0 Å². The Morgan fingerprint density at radius 1 is 1.12 bits per heavy atom. The molecule has 138 valence electrons. The minimum Gasteiger partial charge on any atom is -0.492 e. The number of halogens is 3. The normalized spacial score (nSPS) is 11.9. The molecular formula is C17H15F3N2O4. The van der Waals surface area contributed by atoms with Gasteiger partial charge in [-0.05, 0) is 36.4 Å². The number of rotatable bonds is 5. The highest BCUT2D eigenvalue weighted by Gasteiger charge is 2.38. The summed E-state index contributed by atoms with van der Waals surface area (Å²) in [6.45, 7) is 0.290. The molecule has 0 bridgehead atoms. The maximum atomic E-state index is 12.3. The first-order valence-corrected chi connectivity index (χ1v) is 7.44. The molecule has 0 atom stereocenters. The molecule has 0 radical (unpaired) electrons. The molecule has 1 heterocycles. The zero-order chi connectivity index (χ0) is 19.2. The third kappa shape index (κ3) is 5.20. The van der Waals surface area contributed by atoms with Crippen LogP contribution in [-0.2, 0) is 16.1 Å². The van der Waals surface area contributed by atoms with Crippen LogP contribution in [0.1, 0.15) is 10.4 Å². The molecule has 9 heteroatoms. The number of ether oxygens (including phenoxy) is 2. The molecule has 0 aliphatic heterocycles. The summed E-state index contributed by atoms with van der Waals surface area (Å²) in [5.74, 6) is -2.17. The van der Waals surface area contributed by atoms with Gasteiger partial charge in [0.2, 0.25) is 0 Å². The number of alkyl halides is 3. The number of esters is 1. The highest BCUT2D eigenvalue weighted by Crippen LogP contribution is 2.16. The second-order valence-corrected chi connectivity index (χ2v) is 5.03.